The average Bonchev–Trinajstić information content (AvgIpc) is 2.79. The number of phenols is 2. The van der Waals surface area contributed by atoms with Crippen molar-refractivity contribution in [2.24, 2.45) is 5.92 Å². The highest BCUT2D eigenvalue weighted by atomic mass is 16.5. The van der Waals surface area contributed by atoms with Crippen LogP contribution in [-0.4, -0.2) is 57.3 Å². The highest BCUT2D eigenvalue weighted by Crippen LogP contribution is 2.30. The van der Waals surface area contributed by atoms with Crippen molar-refractivity contribution in [3.05, 3.63) is 23.8 Å². The SMILES string of the molecule is CCOC(=O)C(CO)N1C(=O)CC(Cc2ccc(O)cc2O)C1=O. The number of likely N-dealkylation sites (tertiary alicyclic amines) is 1. The summed E-state index contributed by atoms with van der Waals surface area (Å²) in [5.41, 5.74) is 0.400. The number of hydrogen-bond acceptors (Lipinski definition) is 7. The van der Waals surface area contributed by atoms with Crippen LogP contribution in [0.25, 0.3) is 0 Å². The van der Waals surface area contributed by atoms with Gasteiger partial charge in [-0.05, 0) is 25.0 Å². The summed E-state index contributed by atoms with van der Waals surface area (Å²) >= 11 is 0. The van der Waals surface area contributed by atoms with Gasteiger partial charge in [-0.1, -0.05) is 6.07 Å². The highest BCUT2D eigenvalue weighted by molar-refractivity contribution is 6.06. The number of ether oxygens (including phenoxy) is 1. The van der Waals surface area contributed by atoms with E-state index in [0.717, 1.165) is 11.0 Å². The molecule has 2 atom stereocenters. The molecule has 1 heterocycles. The average molecular weight is 337 g/mol. The summed E-state index contributed by atoms with van der Waals surface area (Å²) in [6.07, 6.45) is -0.0524. The molecule has 1 aromatic rings. The van der Waals surface area contributed by atoms with Gasteiger partial charge in [0.2, 0.25) is 11.8 Å². The molecule has 2 rings (SSSR count). The predicted octanol–water partition coefficient (Wildman–Crippen LogP) is -0.0606. The minimum Gasteiger partial charge on any atom is -0.508 e. The summed E-state index contributed by atoms with van der Waals surface area (Å²) in [4.78, 5) is 37.1. The summed E-state index contributed by atoms with van der Waals surface area (Å²) in [5, 5.41) is 28.4. The molecule has 1 fully saturated rings. The summed E-state index contributed by atoms with van der Waals surface area (Å²) in [5.74, 6) is -3.06. The van der Waals surface area contributed by atoms with Crippen molar-refractivity contribution in [3.63, 3.8) is 0 Å². The normalized spacial score (nSPS) is 18.8. The van der Waals surface area contributed by atoms with Gasteiger partial charge in [-0.25, -0.2) is 4.79 Å². The number of amides is 2. The number of aliphatic hydroxyl groups is 1. The summed E-state index contributed by atoms with van der Waals surface area (Å²) in [6.45, 7) is 0.931. The Morgan fingerprint density at radius 1 is 1.38 bits per heavy atom. The minimum absolute atomic E-state index is 0.0658. The van der Waals surface area contributed by atoms with Crippen LogP contribution in [0.3, 0.4) is 0 Å². The Morgan fingerprint density at radius 3 is 2.67 bits per heavy atom. The molecular weight excluding hydrogens is 318 g/mol. The number of aromatic hydroxyl groups is 2. The smallest absolute Gasteiger partial charge is 0.331 e. The third-order valence-corrected chi connectivity index (χ3v) is 3.85. The Kier molecular flexibility index (Phi) is 5.40. The highest BCUT2D eigenvalue weighted by Gasteiger charge is 2.45. The van der Waals surface area contributed by atoms with Crippen molar-refractivity contribution < 1.29 is 34.4 Å². The summed E-state index contributed by atoms with van der Waals surface area (Å²) in [7, 11) is 0. The number of nitrogens with zero attached hydrogens (tertiary/aromatic N) is 1. The molecule has 8 nitrogen and oxygen atoms in total. The molecule has 0 bridgehead atoms. The van der Waals surface area contributed by atoms with Crippen molar-refractivity contribution in [3.8, 4) is 11.5 Å². The second-order valence-electron chi connectivity index (χ2n) is 5.47. The standard InChI is InChI=1S/C16H19NO7/c1-2-24-16(23)12(8-18)17-14(21)6-10(15(17)22)5-9-3-4-11(19)7-13(9)20/h3-4,7,10,12,18-20H,2,5-6,8H2,1H3. The van der Waals surface area contributed by atoms with Crippen LogP contribution in [-0.2, 0) is 25.5 Å². The Balaban J connectivity index is 2.17. The van der Waals surface area contributed by atoms with E-state index in [9.17, 15) is 29.7 Å². The largest absolute Gasteiger partial charge is 0.508 e. The predicted molar refractivity (Wildman–Crippen MR) is 80.9 cm³/mol. The van der Waals surface area contributed by atoms with Gasteiger partial charge in [-0.2, -0.15) is 0 Å². The molecule has 2 amide bonds. The van der Waals surface area contributed by atoms with Gasteiger partial charge in [-0.15, -0.1) is 0 Å². The lowest BCUT2D eigenvalue weighted by atomic mass is 9.97. The number of benzene rings is 1. The van der Waals surface area contributed by atoms with Crippen LogP contribution < -0.4 is 0 Å². The molecule has 2 unspecified atom stereocenters. The van der Waals surface area contributed by atoms with Crippen molar-refractivity contribution in [1.29, 1.82) is 0 Å². The number of aliphatic hydroxyl groups excluding tert-OH is 1. The minimum atomic E-state index is -1.36. The Hall–Kier alpha value is -2.61. The number of esters is 1. The number of hydrogen-bond donors (Lipinski definition) is 3. The van der Waals surface area contributed by atoms with Crippen LogP contribution in [0, 0.1) is 5.92 Å². The molecule has 8 heteroatoms. The van der Waals surface area contributed by atoms with Crippen molar-refractivity contribution in [1.82, 2.24) is 4.90 Å². The summed E-state index contributed by atoms with van der Waals surface area (Å²) in [6, 6.07) is 2.61. The molecule has 1 aliphatic rings. The Labute approximate surface area is 138 Å². The Bertz CT molecular complexity index is 658. The van der Waals surface area contributed by atoms with Crippen molar-refractivity contribution in [2.45, 2.75) is 25.8 Å². The zero-order valence-electron chi connectivity index (χ0n) is 13.1. The van der Waals surface area contributed by atoms with Gasteiger partial charge in [0.1, 0.15) is 11.5 Å². The number of carbonyl (C=O) groups excluding carboxylic acids is 3. The van der Waals surface area contributed by atoms with Crippen LogP contribution >= 0.6 is 0 Å². The molecule has 130 valence electrons. The Morgan fingerprint density at radius 2 is 2.08 bits per heavy atom. The number of rotatable bonds is 6. The number of imide groups is 1. The van der Waals surface area contributed by atoms with Crippen LogP contribution in [0.15, 0.2) is 18.2 Å². The molecule has 3 N–H and O–H groups in total. The third-order valence-electron chi connectivity index (χ3n) is 3.85. The van der Waals surface area contributed by atoms with Crippen molar-refractivity contribution >= 4 is 17.8 Å². The summed E-state index contributed by atoms with van der Waals surface area (Å²) < 4.78 is 4.78. The van der Waals surface area contributed by atoms with Gasteiger partial charge in [0, 0.05) is 12.5 Å². The topological polar surface area (TPSA) is 124 Å². The molecule has 1 aliphatic heterocycles. The molecule has 24 heavy (non-hydrogen) atoms. The molecule has 1 aromatic carbocycles. The molecule has 0 radical (unpaired) electrons. The van der Waals surface area contributed by atoms with E-state index in [2.05, 4.69) is 0 Å². The fraction of sp³-hybridized carbons (Fsp3) is 0.438. The first-order valence-corrected chi connectivity index (χ1v) is 7.53. The van der Waals surface area contributed by atoms with E-state index in [1.54, 1.807) is 6.92 Å². The molecule has 0 spiro atoms. The maximum Gasteiger partial charge on any atom is 0.331 e. The van der Waals surface area contributed by atoms with Crippen LogP contribution in [0.5, 0.6) is 11.5 Å². The first kappa shape index (κ1) is 17.7. The van der Waals surface area contributed by atoms with Crippen molar-refractivity contribution in [2.75, 3.05) is 13.2 Å². The van der Waals surface area contributed by atoms with Crippen LogP contribution in [0.1, 0.15) is 18.9 Å². The van der Waals surface area contributed by atoms with E-state index in [4.69, 9.17) is 4.74 Å². The van der Waals surface area contributed by atoms with E-state index in [1.165, 1.54) is 12.1 Å². The lowest BCUT2D eigenvalue weighted by Gasteiger charge is -2.23. The third kappa shape index (κ3) is 3.48. The van der Waals surface area contributed by atoms with E-state index in [-0.39, 0.29) is 30.9 Å². The first-order valence-electron chi connectivity index (χ1n) is 7.53. The quantitative estimate of drug-likeness (QED) is 0.490. The zero-order chi connectivity index (χ0) is 17.9. The van der Waals surface area contributed by atoms with Crippen LogP contribution in [0.4, 0.5) is 0 Å². The second-order valence-corrected chi connectivity index (χ2v) is 5.47. The van der Waals surface area contributed by atoms with E-state index in [0.29, 0.717) is 5.56 Å². The first-order chi connectivity index (χ1) is 11.4. The fourth-order valence-electron chi connectivity index (χ4n) is 2.69. The van der Waals surface area contributed by atoms with Gasteiger partial charge >= 0.3 is 5.97 Å². The maximum absolute atomic E-state index is 12.5. The van der Waals surface area contributed by atoms with Gasteiger partial charge < -0.3 is 20.1 Å². The zero-order valence-corrected chi connectivity index (χ0v) is 13.1. The molecule has 0 aliphatic carbocycles. The number of phenolic OH excluding ortho intramolecular Hbond substituents is 2. The van der Waals surface area contributed by atoms with Gasteiger partial charge in [0.25, 0.3) is 0 Å². The molecule has 0 saturated carbocycles. The monoisotopic (exact) mass is 337 g/mol. The lowest BCUT2D eigenvalue weighted by Crippen LogP contribution is -2.48. The lowest BCUT2D eigenvalue weighted by molar-refractivity contribution is -0.160. The van der Waals surface area contributed by atoms with E-state index in [1.807, 2.05) is 0 Å². The molecule has 0 aromatic heterocycles. The van der Waals surface area contributed by atoms with Crippen LogP contribution in [0.2, 0.25) is 0 Å². The molecule has 1 saturated heterocycles. The van der Waals surface area contributed by atoms with E-state index < -0.39 is 36.4 Å². The van der Waals surface area contributed by atoms with Gasteiger partial charge in [0.15, 0.2) is 6.04 Å². The maximum atomic E-state index is 12.5. The molecular formula is C16H19NO7. The second kappa shape index (κ2) is 7.31. The number of carbonyl (C=O) groups is 3. The van der Waals surface area contributed by atoms with Gasteiger partial charge in [0.05, 0.1) is 19.1 Å². The van der Waals surface area contributed by atoms with Gasteiger partial charge in [-0.3, -0.25) is 14.5 Å². The fourth-order valence-corrected chi connectivity index (χ4v) is 2.69. The van der Waals surface area contributed by atoms with E-state index >= 15 is 0 Å².